The summed E-state index contributed by atoms with van der Waals surface area (Å²) < 4.78 is 8.14. The molecule has 1 aliphatic carbocycles. The van der Waals surface area contributed by atoms with Crippen molar-refractivity contribution in [1.82, 2.24) is 19.4 Å². The van der Waals surface area contributed by atoms with Gasteiger partial charge in [0, 0.05) is 10.9 Å². The maximum absolute atomic E-state index is 12.4. The second-order valence-electron chi connectivity index (χ2n) is 6.37. The van der Waals surface area contributed by atoms with Crippen LogP contribution in [0.5, 0.6) is 0 Å². The first-order chi connectivity index (χ1) is 12.6. The highest BCUT2D eigenvalue weighted by Crippen LogP contribution is 2.37. The number of carbonyl (C=O) groups excluding carboxylic acids is 1. The molecule has 1 fully saturated rings. The largest absolute Gasteiger partial charge is 0.460 e. The van der Waals surface area contributed by atoms with Crippen LogP contribution >= 0.6 is 11.6 Å². The van der Waals surface area contributed by atoms with E-state index in [-0.39, 0.29) is 24.1 Å². The number of rotatable bonds is 4. The number of ether oxygens (including phenoxy) is 1. The molecule has 0 saturated heterocycles. The molecule has 7 nitrogen and oxygen atoms in total. The van der Waals surface area contributed by atoms with E-state index < -0.39 is 5.97 Å². The zero-order valence-electron chi connectivity index (χ0n) is 13.9. The van der Waals surface area contributed by atoms with E-state index in [9.17, 15) is 9.59 Å². The zero-order chi connectivity index (χ0) is 18.1. The minimum absolute atomic E-state index is 0.151. The van der Waals surface area contributed by atoms with Crippen molar-refractivity contribution in [2.24, 2.45) is 0 Å². The number of carbonyl (C=O) groups is 1. The summed E-state index contributed by atoms with van der Waals surface area (Å²) in [6.45, 7) is -0.218. The van der Waals surface area contributed by atoms with Gasteiger partial charge in [-0.2, -0.15) is 10.2 Å². The molecular formula is C18H17ClN4O3. The van der Waals surface area contributed by atoms with Crippen LogP contribution in [0, 0.1) is 0 Å². The van der Waals surface area contributed by atoms with Crippen LogP contribution in [0.25, 0.3) is 5.52 Å². The minimum atomic E-state index is -0.464. The molecule has 0 spiro atoms. The van der Waals surface area contributed by atoms with E-state index in [0.717, 1.165) is 29.5 Å². The molecule has 8 heteroatoms. The molecule has 1 aromatic carbocycles. The molecular weight excluding hydrogens is 356 g/mol. The molecule has 0 radical (unpaired) electrons. The van der Waals surface area contributed by atoms with Crippen molar-refractivity contribution in [3.05, 3.63) is 63.8 Å². The van der Waals surface area contributed by atoms with E-state index in [4.69, 9.17) is 16.3 Å². The van der Waals surface area contributed by atoms with Crippen molar-refractivity contribution in [3.63, 3.8) is 0 Å². The number of nitrogens with zero attached hydrogens (tertiary/aromatic N) is 4. The maximum atomic E-state index is 12.4. The molecule has 3 aromatic rings. The number of fused-ring (bicyclic) bond motifs is 1. The Morgan fingerprint density at radius 2 is 2.00 bits per heavy atom. The fraction of sp³-hybridized carbons (Fsp3) is 0.333. The second-order valence-corrected chi connectivity index (χ2v) is 6.81. The van der Waals surface area contributed by atoms with E-state index in [1.54, 1.807) is 6.07 Å². The van der Waals surface area contributed by atoms with Crippen LogP contribution in [-0.4, -0.2) is 31.5 Å². The molecule has 0 N–H and O–H groups in total. The Labute approximate surface area is 154 Å². The van der Waals surface area contributed by atoms with Crippen LogP contribution < -0.4 is 5.56 Å². The second kappa shape index (κ2) is 6.92. The third-order valence-corrected chi connectivity index (χ3v) is 4.99. The number of hydrogen-bond acceptors (Lipinski definition) is 5. The summed E-state index contributed by atoms with van der Waals surface area (Å²) in [6.07, 6.45) is 5.47. The van der Waals surface area contributed by atoms with Gasteiger partial charge >= 0.3 is 5.97 Å². The number of halogens is 1. The molecule has 2 heterocycles. The zero-order valence-corrected chi connectivity index (χ0v) is 14.7. The van der Waals surface area contributed by atoms with Crippen molar-refractivity contribution < 1.29 is 9.53 Å². The Hall–Kier alpha value is -2.67. The van der Waals surface area contributed by atoms with E-state index >= 15 is 0 Å². The predicted molar refractivity (Wildman–Crippen MR) is 95.2 cm³/mol. The van der Waals surface area contributed by atoms with Gasteiger partial charge in [-0.3, -0.25) is 9.59 Å². The van der Waals surface area contributed by atoms with Crippen LogP contribution in [0.3, 0.4) is 0 Å². The Kier molecular flexibility index (Phi) is 4.46. The highest BCUT2D eigenvalue weighted by molar-refractivity contribution is 6.30. The van der Waals surface area contributed by atoms with Crippen LogP contribution in [0.4, 0.5) is 0 Å². The van der Waals surface area contributed by atoms with Crippen molar-refractivity contribution in [2.45, 2.75) is 37.8 Å². The summed E-state index contributed by atoms with van der Waals surface area (Å²) in [7, 11) is 0. The average molecular weight is 373 g/mol. The van der Waals surface area contributed by atoms with Gasteiger partial charge in [0.05, 0.1) is 6.20 Å². The molecule has 2 aromatic heterocycles. The summed E-state index contributed by atoms with van der Waals surface area (Å²) in [4.78, 5) is 24.7. The molecule has 0 aliphatic heterocycles. The highest BCUT2D eigenvalue weighted by atomic mass is 35.5. The van der Waals surface area contributed by atoms with Gasteiger partial charge in [0.15, 0.2) is 0 Å². The first-order valence-corrected chi connectivity index (χ1v) is 8.84. The lowest BCUT2D eigenvalue weighted by molar-refractivity contribution is -0.150. The summed E-state index contributed by atoms with van der Waals surface area (Å²) >= 11 is 5.95. The summed E-state index contributed by atoms with van der Waals surface area (Å²) in [5.74, 6) is -0.312. The Bertz CT molecular complexity index is 996. The van der Waals surface area contributed by atoms with Gasteiger partial charge in [-0.15, -0.1) is 0 Å². The number of benzene rings is 1. The fourth-order valence-electron chi connectivity index (χ4n) is 3.47. The monoisotopic (exact) mass is 372 g/mol. The van der Waals surface area contributed by atoms with Gasteiger partial charge < -0.3 is 4.74 Å². The van der Waals surface area contributed by atoms with Crippen LogP contribution in [0.15, 0.2) is 47.7 Å². The van der Waals surface area contributed by atoms with Gasteiger partial charge in [0.25, 0.3) is 5.56 Å². The van der Waals surface area contributed by atoms with Gasteiger partial charge in [0.1, 0.15) is 24.5 Å². The first-order valence-electron chi connectivity index (χ1n) is 8.46. The molecule has 2 atom stereocenters. The van der Waals surface area contributed by atoms with Gasteiger partial charge in [-0.05, 0) is 43.0 Å². The smallest absolute Gasteiger partial charge is 0.328 e. The molecule has 134 valence electrons. The maximum Gasteiger partial charge on any atom is 0.328 e. The van der Waals surface area contributed by atoms with E-state index in [0.29, 0.717) is 10.5 Å². The molecule has 0 bridgehead atoms. The molecule has 4 rings (SSSR count). The molecule has 0 amide bonds. The topological polar surface area (TPSA) is 78.5 Å². The summed E-state index contributed by atoms with van der Waals surface area (Å²) in [6, 6.07) is 9.22. The van der Waals surface area contributed by atoms with E-state index in [1.807, 2.05) is 24.3 Å². The summed E-state index contributed by atoms with van der Waals surface area (Å²) in [5.41, 5.74) is 1.11. The Balaban J connectivity index is 1.47. The lowest BCUT2D eigenvalue weighted by Crippen LogP contribution is -2.31. The van der Waals surface area contributed by atoms with Gasteiger partial charge in [-0.25, -0.2) is 9.20 Å². The number of aromatic nitrogens is 4. The average Bonchev–Trinajstić information content (AvgIpc) is 3.28. The SMILES string of the molecule is O=C(Cn1ncn2nccc2c1=O)O[C@H]1CCC[C@@H]1c1ccc(Cl)cc1. The van der Waals surface area contributed by atoms with Gasteiger partial charge in [-0.1, -0.05) is 23.7 Å². The van der Waals surface area contributed by atoms with Crippen molar-refractivity contribution >= 4 is 23.1 Å². The Morgan fingerprint density at radius 1 is 1.19 bits per heavy atom. The van der Waals surface area contributed by atoms with Crippen molar-refractivity contribution in [2.75, 3.05) is 0 Å². The normalized spacial score (nSPS) is 19.7. The molecule has 0 unspecified atom stereocenters. The van der Waals surface area contributed by atoms with Gasteiger partial charge in [0.2, 0.25) is 0 Å². The molecule has 1 saturated carbocycles. The standard InChI is InChI=1S/C18H17ClN4O3/c19-13-6-4-12(5-7-13)14-2-1-3-16(14)26-17(24)10-22-18(25)15-8-9-20-23(15)11-21-22/h4-9,11,14,16H,1-3,10H2/t14-,16+/m1/s1. The molecule has 1 aliphatic rings. The summed E-state index contributed by atoms with van der Waals surface area (Å²) in [5, 5.41) is 8.60. The van der Waals surface area contributed by atoms with Crippen LogP contribution in [0.2, 0.25) is 5.02 Å². The minimum Gasteiger partial charge on any atom is -0.460 e. The number of hydrogen-bond donors (Lipinski definition) is 0. The van der Waals surface area contributed by atoms with Crippen LogP contribution in [-0.2, 0) is 16.1 Å². The third-order valence-electron chi connectivity index (χ3n) is 4.74. The van der Waals surface area contributed by atoms with Crippen molar-refractivity contribution in [1.29, 1.82) is 0 Å². The fourth-order valence-corrected chi connectivity index (χ4v) is 3.60. The van der Waals surface area contributed by atoms with E-state index in [2.05, 4.69) is 10.2 Å². The molecule has 26 heavy (non-hydrogen) atoms. The predicted octanol–water partition coefficient (Wildman–Crippen LogP) is 2.42. The number of esters is 1. The third kappa shape index (κ3) is 3.22. The van der Waals surface area contributed by atoms with Crippen LogP contribution in [0.1, 0.15) is 30.7 Å². The highest BCUT2D eigenvalue weighted by Gasteiger charge is 2.31. The quantitative estimate of drug-likeness (QED) is 0.657. The van der Waals surface area contributed by atoms with E-state index in [1.165, 1.54) is 17.0 Å². The lowest BCUT2D eigenvalue weighted by Gasteiger charge is -2.20. The Morgan fingerprint density at radius 3 is 2.81 bits per heavy atom. The lowest BCUT2D eigenvalue weighted by atomic mass is 9.96. The van der Waals surface area contributed by atoms with Crippen molar-refractivity contribution in [3.8, 4) is 0 Å². The first kappa shape index (κ1) is 16.8.